The molecule has 1 rings (SSSR count). The lowest BCUT2D eigenvalue weighted by molar-refractivity contribution is -0.140. The van der Waals surface area contributed by atoms with Gasteiger partial charge in [0.25, 0.3) is 0 Å². The van der Waals surface area contributed by atoms with Gasteiger partial charge in [-0.2, -0.15) is 0 Å². The molecule has 1 aromatic carbocycles. The van der Waals surface area contributed by atoms with E-state index in [0.29, 0.717) is 0 Å². The topological polar surface area (TPSA) is 72.5 Å². The number of hydrogen-bond donors (Lipinski definition) is 1. The van der Waals surface area contributed by atoms with Crippen LogP contribution in [-0.4, -0.2) is 27.2 Å². The highest BCUT2D eigenvalue weighted by molar-refractivity contribution is 9.10. The summed E-state index contributed by atoms with van der Waals surface area (Å²) < 4.78 is 31.4. The van der Waals surface area contributed by atoms with E-state index >= 15 is 0 Å². The van der Waals surface area contributed by atoms with E-state index in [2.05, 4.69) is 25.4 Å². The molecule has 0 saturated heterocycles. The van der Waals surface area contributed by atoms with Crippen molar-refractivity contribution in [2.45, 2.75) is 19.4 Å². The molecule has 0 saturated carbocycles. The van der Waals surface area contributed by atoms with Gasteiger partial charge >= 0.3 is 5.97 Å². The molecule has 0 aromatic heterocycles. The molecule has 0 amide bonds. The normalized spacial score (nSPS) is 13.0. The van der Waals surface area contributed by atoms with Crippen molar-refractivity contribution in [3.05, 3.63) is 34.3 Å². The van der Waals surface area contributed by atoms with Crippen molar-refractivity contribution in [2.75, 3.05) is 12.9 Å². The zero-order chi connectivity index (χ0) is 14.5. The van der Waals surface area contributed by atoms with Crippen LogP contribution in [0.4, 0.5) is 0 Å². The molecule has 0 bridgehead atoms. The van der Waals surface area contributed by atoms with Gasteiger partial charge in [-0.15, -0.1) is 0 Å². The number of halogens is 1. The Morgan fingerprint density at radius 2 is 2.16 bits per heavy atom. The summed E-state index contributed by atoms with van der Waals surface area (Å²) in [5.41, 5.74) is 0.844. The molecule has 1 aromatic rings. The molecule has 1 N–H and O–H groups in total. The van der Waals surface area contributed by atoms with Gasteiger partial charge in [-0.3, -0.25) is 4.79 Å². The molecule has 1 unspecified atom stereocenters. The van der Waals surface area contributed by atoms with Crippen molar-refractivity contribution in [3.63, 3.8) is 0 Å². The summed E-state index contributed by atoms with van der Waals surface area (Å²) in [4.78, 5) is 10.9. The number of carbonyl (C=O) groups is 1. The Bertz CT molecular complexity index is 544. The summed E-state index contributed by atoms with van der Waals surface area (Å²) >= 11 is 3.33. The van der Waals surface area contributed by atoms with E-state index in [-0.39, 0.29) is 18.2 Å². The van der Waals surface area contributed by atoms with Crippen molar-refractivity contribution < 1.29 is 17.9 Å². The lowest BCUT2D eigenvalue weighted by atomic mass is 10.1. The molecule has 19 heavy (non-hydrogen) atoms. The molecular weight excluding hydrogens is 334 g/mol. The molecule has 0 radical (unpaired) electrons. The fraction of sp³-hybridized carbons (Fsp3) is 0.417. The van der Waals surface area contributed by atoms with Crippen LogP contribution in [0.25, 0.3) is 0 Å². The Labute approximate surface area is 121 Å². The van der Waals surface area contributed by atoms with Gasteiger partial charge in [0.05, 0.1) is 19.3 Å². The monoisotopic (exact) mass is 349 g/mol. The van der Waals surface area contributed by atoms with Crippen LogP contribution in [0, 0.1) is 0 Å². The number of esters is 1. The number of methoxy groups -OCH3 is 1. The molecule has 5 nitrogen and oxygen atoms in total. The van der Waals surface area contributed by atoms with E-state index in [1.165, 1.54) is 7.11 Å². The lowest BCUT2D eigenvalue weighted by Gasteiger charge is -2.14. The molecule has 0 fully saturated rings. The first-order valence-corrected chi connectivity index (χ1v) is 8.11. The number of benzene rings is 1. The van der Waals surface area contributed by atoms with Gasteiger partial charge in [-0.1, -0.05) is 28.1 Å². The number of hydrogen-bond acceptors (Lipinski definition) is 4. The summed E-state index contributed by atoms with van der Waals surface area (Å²) in [6.07, 6.45) is -0.156. The van der Waals surface area contributed by atoms with Gasteiger partial charge in [0.1, 0.15) is 0 Å². The van der Waals surface area contributed by atoms with Crippen LogP contribution in [-0.2, 0) is 19.6 Å². The van der Waals surface area contributed by atoms with Gasteiger partial charge in [-0.05, 0) is 24.6 Å². The Morgan fingerprint density at radius 3 is 2.74 bits per heavy atom. The van der Waals surface area contributed by atoms with Gasteiger partial charge in [0.15, 0.2) is 0 Å². The van der Waals surface area contributed by atoms with Crippen LogP contribution >= 0.6 is 15.9 Å². The highest BCUT2D eigenvalue weighted by Gasteiger charge is 2.17. The predicted octanol–water partition coefficient (Wildman–Crippen LogP) is 1.99. The smallest absolute Gasteiger partial charge is 0.306 e. The minimum absolute atomic E-state index is 0.156. The molecule has 1 atom stereocenters. The van der Waals surface area contributed by atoms with Crippen LogP contribution in [0.3, 0.4) is 0 Å². The van der Waals surface area contributed by atoms with Crippen LogP contribution in [0.2, 0.25) is 0 Å². The first-order chi connectivity index (χ1) is 8.84. The molecule has 0 heterocycles. The molecule has 0 aliphatic heterocycles. The van der Waals surface area contributed by atoms with E-state index < -0.39 is 16.0 Å². The zero-order valence-corrected chi connectivity index (χ0v) is 13.1. The van der Waals surface area contributed by atoms with E-state index in [1.54, 1.807) is 6.92 Å². The lowest BCUT2D eigenvalue weighted by Crippen LogP contribution is -2.30. The van der Waals surface area contributed by atoms with Gasteiger partial charge in [0.2, 0.25) is 10.0 Å². The maximum Gasteiger partial charge on any atom is 0.306 e. The van der Waals surface area contributed by atoms with Crippen molar-refractivity contribution >= 4 is 31.9 Å². The number of nitrogens with one attached hydrogen (secondary N) is 1. The summed E-state index contributed by atoms with van der Waals surface area (Å²) in [5, 5.41) is 0. The fourth-order valence-corrected chi connectivity index (χ4v) is 3.14. The first-order valence-electron chi connectivity index (χ1n) is 5.66. The van der Waals surface area contributed by atoms with Crippen molar-refractivity contribution in [1.29, 1.82) is 0 Å². The predicted molar refractivity (Wildman–Crippen MR) is 76.1 cm³/mol. The first kappa shape index (κ1) is 16.1. The molecule has 0 aliphatic carbocycles. The average molecular weight is 350 g/mol. The maximum absolute atomic E-state index is 11.8. The van der Waals surface area contributed by atoms with Gasteiger partial charge in [0, 0.05) is 10.5 Å². The number of ether oxygens (including phenoxy) is 1. The van der Waals surface area contributed by atoms with Crippen molar-refractivity contribution in [3.8, 4) is 0 Å². The standard InChI is InChI=1S/C12H16BrNO4S/c1-9(10-4-3-5-11(13)8-10)14-19(16,17)7-6-12(15)18-2/h3-5,8-9,14H,6-7H2,1-2H3. The zero-order valence-electron chi connectivity index (χ0n) is 10.7. The Balaban J connectivity index is 2.65. The second kappa shape index (κ2) is 7.02. The second-order valence-electron chi connectivity index (χ2n) is 4.04. The number of rotatable bonds is 6. The molecule has 7 heteroatoms. The summed E-state index contributed by atoms with van der Waals surface area (Å²) in [6, 6.07) is 7.01. The molecule has 0 aliphatic rings. The quantitative estimate of drug-likeness (QED) is 0.797. The van der Waals surface area contributed by atoms with E-state index in [1.807, 2.05) is 24.3 Å². The van der Waals surface area contributed by atoms with Crippen LogP contribution in [0.5, 0.6) is 0 Å². The van der Waals surface area contributed by atoms with Gasteiger partial charge < -0.3 is 4.74 Å². The van der Waals surface area contributed by atoms with E-state index in [9.17, 15) is 13.2 Å². The van der Waals surface area contributed by atoms with Crippen LogP contribution < -0.4 is 4.72 Å². The Kier molecular flexibility index (Phi) is 5.96. The fourth-order valence-electron chi connectivity index (χ4n) is 1.49. The Hall–Kier alpha value is -0.920. The molecular formula is C12H16BrNO4S. The minimum atomic E-state index is -3.51. The minimum Gasteiger partial charge on any atom is -0.469 e. The Morgan fingerprint density at radius 1 is 1.47 bits per heavy atom. The van der Waals surface area contributed by atoms with E-state index in [0.717, 1.165) is 10.0 Å². The molecule has 0 spiro atoms. The third-order valence-electron chi connectivity index (χ3n) is 2.51. The van der Waals surface area contributed by atoms with E-state index in [4.69, 9.17) is 0 Å². The highest BCUT2D eigenvalue weighted by Crippen LogP contribution is 2.18. The number of carbonyl (C=O) groups excluding carboxylic acids is 1. The maximum atomic E-state index is 11.8. The summed E-state index contributed by atoms with van der Waals surface area (Å²) in [6.45, 7) is 1.75. The van der Waals surface area contributed by atoms with Crippen LogP contribution in [0.1, 0.15) is 24.9 Å². The average Bonchev–Trinajstić information content (AvgIpc) is 2.35. The third-order valence-corrected chi connectivity index (χ3v) is 4.46. The highest BCUT2D eigenvalue weighted by atomic mass is 79.9. The van der Waals surface area contributed by atoms with Gasteiger partial charge in [-0.25, -0.2) is 13.1 Å². The number of sulfonamides is 1. The van der Waals surface area contributed by atoms with Crippen LogP contribution in [0.15, 0.2) is 28.7 Å². The summed E-state index contributed by atoms with van der Waals surface area (Å²) in [5.74, 6) is -0.821. The second-order valence-corrected chi connectivity index (χ2v) is 6.83. The largest absolute Gasteiger partial charge is 0.469 e. The summed E-state index contributed by atoms with van der Waals surface area (Å²) in [7, 11) is -2.28. The van der Waals surface area contributed by atoms with Crippen molar-refractivity contribution in [1.82, 2.24) is 4.72 Å². The van der Waals surface area contributed by atoms with Crippen molar-refractivity contribution in [2.24, 2.45) is 0 Å². The third kappa shape index (κ3) is 5.71. The molecule has 106 valence electrons. The SMILES string of the molecule is COC(=O)CCS(=O)(=O)NC(C)c1cccc(Br)c1.